The van der Waals surface area contributed by atoms with Gasteiger partial charge in [0.1, 0.15) is 0 Å². The standard InChI is InChI=1S/C29H28N2O4S/c1-20-12-13-25(18-28(20)36(3,33)34)29(32)31-27(19-35-2)26-17-24(14-15-30-26)23-11-7-10-22(16-23)21-8-5-4-6-9-21/h4-18,27H,19H2,1-3H3,(H,31,32). The van der Waals surface area contributed by atoms with Gasteiger partial charge in [-0.25, -0.2) is 8.42 Å². The Bertz CT molecular complexity index is 1480. The van der Waals surface area contributed by atoms with Crippen molar-refractivity contribution in [1.29, 1.82) is 0 Å². The van der Waals surface area contributed by atoms with E-state index in [1.54, 1.807) is 32.4 Å². The normalized spacial score (nSPS) is 12.2. The Morgan fingerprint density at radius 2 is 1.56 bits per heavy atom. The van der Waals surface area contributed by atoms with Crippen LogP contribution in [0.25, 0.3) is 22.3 Å². The second-order valence-corrected chi connectivity index (χ2v) is 10.6. The second-order valence-electron chi connectivity index (χ2n) is 8.65. The van der Waals surface area contributed by atoms with Crippen molar-refractivity contribution in [2.75, 3.05) is 20.0 Å². The number of carbonyl (C=O) groups excluding carboxylic acids is 1. The van der Waals surface area contributed by atoms with Gasteiger partial charge in [0.05, 0.1) is 23.2 Å². The monoisotopic (exact) mass is 500 g/mol. The Balaban J connectivity index is 1.62. The van der Waals surface area contributed by atoms with Gasteiger partial charge in [0, 0.05) is 25.1 Å². The number of aryl methyl sites for hydroxylation is 1. The van der Waals surface area contributed by atoms with Crippen LogP contribution >= 0.6 is 0 Å². The van der Waals surface area contributed by atoms with Crippen LogP contribution in [0, 0.1) is 6.92 Å². The zero-order valence-electron chi connectivity index (χ0n) is 20.4. The smallest absolute Gasteiger partial charge is 0.251 e. The number of hydrogen-bond donors (Lipinski definition) is 1. The van der Waals surface area contributed by atoms with Gasteiger partial charge in [-0.05, 0) is 65.1 Å². The van der Waals surface area contributed by atoms with Crippen molar-refractivity contribution >= 4 is 15.7 Å². The predicted octanol–water partition coefficient (Wildman–Crippen LogP) is 5.25. The summed E-state index contributed by atoms with van der Waals surface area (Å²) < 4.78 is 29.6. The van der Waals surface area contributed by atoms with E-state index in [0.717, 1.165) is 28.5 Å². The molecule has 0 aliphatic carbocycles. The number of amides is 1. The van der Waals surface area contributed by atoms with Crippen LogP contribution in [0.5, 0.6) is 0 Å². The molecule has 1 heterocycles. The summed E-state index contributed by atoms with van der Waals surface area (Å²) in [6, 6.07) is 26.4. The lowest BCUT2D eigenvalue weighted by Crippen LogP contribution is -2.32. The number of ether oxygens (including phenoxy) is 1. The van der Waals surface area contributed by atoms with Crippen molar-refractivity contribution < 1.29 is 17.9 Å². The van der Waals surface area contributed by atoms with Crippen LogP contribution in [-0.2, 0) is 14.6 Å². The first-order valence-electron chi connectivity index (χ1n) is 11.5. The summed E-state index contributed by atoms with van der Waals surface area (Å²) in [7, 11) is -1.90. The Morgan fingerprint density at radius 3 is 2.25 bits per heavy atom. The van der Waals surface area contributed by atoms with E-state index in [1.165, 1.54) is 6.07 Å². The Morgan fingerprint density at radius 1 is 0.889 bits per heavy atom. The molecule has 0 fully saturated rings. The number of nitrogens with one attached hydrogen (secondary N) is 1. The molecule has 0 spiro atoms. The van der Waals surface area contributed by atoms with Gasteiger partial charge >= 0.3 is 0 Å². The first-order chi connectivity index (χ1) is 17.3. The van der Waals surface area contributed by atoms with Gasteiger partial charge in [0.2, 0.25) is 0 Å². The molecule has 4 aromatic rings. The van der Waals surface area contributed by atoms with E-state index in [0.29, 0.717) is 11.3 Å². The Hall–Kier alpha value is -3.81. The van der Waals surface area contributed by atoms with Crippen LogP contribution in [0.15, 0.2) is 96.0 Å². The number of rotatable bonds is 8. The molecule has 0 saturated heterocycles. The van der Waals surface area contributed by atoms with Crippen LogP contribution in [0.2, 0.25) is 0 Å². The summed E-state index contributed by atoms with van der Waals surface area (Å²) in [6.07, 6.45) is 2.84. The molecule has 6 nitrogen and oxygen atoms in total. The molecule has 0 radical (unpaired) electrons. The molecule has 7 heteroatoms. The van der Waals surface area contributed by atoms with Crippen molar-refractivity contribution in [2.45, 2.75) is 17.9 Å². The van der Waals surface area contributed by atoms with Gasteiger partial charge < -0.3 is 10.1 Å². The Kier molecular flexibility index (Phi) is 7.62. The average Bonchev–Trinajstić information content (AvgIpc) is 2.88. The molecule has 0 bridgehead atoms. The zero-order chi connectivity index (χ0) is 25.7. The van der Waals surface area contributed by atoms with Gasteiger partial charge in [-0.15, -0.1) is 0 Å². The number of sulfone groups is 1. The molecule has 36 heavy (non-hydrogen) atoms. The third-order valence-electron chi connectivity index (χ3n) is 5.93. The number of benzene rings is 3. The van der Waals surface area contributed by atoms with E-state index in [9.17, 15) is 13.2 Å². The second kappa shape index (κ2) is 10.8. The van der Waals surface area contributed by atoms with Crippen LogP contribution in [0.1, 0.15) is 27.7 Å². The lowest BCUT2D eigenvalue weighted by Gasteiger charge is -2.19. The fraction of sp³-hybridized carbons (Fsp3) is 0.172. The highest BCUT2D eigenvalue weighted by Gasteiger charge is 2.20. The molecular weight excluding hydrogens is 472 g/mol. The molecule has 0 saturated carbocycles. The van der Waals surface area contributed by atoms with Gasteiger partial charge in [0.25, 0.3) is 5.91 Å². The number of aromatic nitrogens is 1. The molecular formula is C29H28N2O4S. The molecule has 3 aromatic carbocycles. The number of hydrogen-bond acceptors (Lipinski definition) is 5. The third kappa shape index (κ3) is 5.87. The van der Waals surface area contributed by atoms with E-state index in [2.05, 4.69) is 34.6 Å². The van der Waals surface area contributed by atoms with Gasteiger partial charge in [0.15, 0.2) is 9.84 Å². The molecule has 1 N–H and O–H groups in total. The van der Waals surface area contributed by atoms with Crippen molar-refractivity contribution in [3.63, 3.8) is 0 Å². The van der Waals surface area contributed by atoms with E-state index >= 15 is 0 Å². The summed E-state index contributed by atoms with van der Waals surface area (Å²) in [5.41, 5.74) is 5.72. The largest absolute Gasteiger partial charge is 0.382 e. The minimum Gasteiger partial charge on any atom is -0.382 e. The molecule has 1 aromatic heterocycles. The highest BCUT2D eigenvalue weighted by Crippen LogP contribution is 2.28. The SMILES string of the molecule is COCC(NC(=O)c1ccc(C)c(S(C)(=O)=O)c1)c1cc(-c2cccc(-c3ccccc3)c2)ccn1. The fourth-order valence-corrected chi connectivity index (χ4v) is 5.07. The third-order valence-corrected chi connectivity index (χ3v) is 7.17. The van der Waals surface area contributed by atoms with Crippen molar-refractivity contribution in [2.24, 2.45) is 0 Å². The summed E-state index contributed by atoms with van der Waals surface area (Å²) in [4.78, 5) is 17.7. The number of methoxy groups -OCH3 is 1. The number of nitrogens with zero attached hydrogens (tertiary/aromatic N) is 1. The van der Waals surface area contributed by atoms with Crippen LogP contribution in [0.4, 0.5) is 0 Å². The molecule has 184 valence electrons. The van der Waals surface area contributed by atoms with Gasteiger partial charge in [-0.1, -0.05) is 54.6 Å². The fourth-order valence-electron chi connectivity index (χ4n) is 4.08. The first kappa shape index (κ1) is 25.3. The summed E-state index contributed by atoms with van der Waals surface area (Å²) in [5.74, 6) is -0.403. The van der Waals surface area contributed by atoms with Crippen LogP contribution < -0.4 is 5.32 Å². The van der Waals surface area contributed by atoms with Crippen molar-refractivity contribution in [3.8, 4) is 22.3 Å². The van der Waals surface area contributed by atoms with E-state index in [-0.39, 0.29) is 17.1 Å². The summed E-state index contributed by atoms with van der Waals surface area (Å²) in [5, 5.41) is 2.94. The quantitative estimate of drug-likeness (QED) is 0.357. The minimum atomic E-state index is -3.46. The molecule has 0 aliphatic heterocycles. The first-order valence-corrected chi connectivity index (χ1v) is 13.4. The van der Waals surface area contributed by atoms with Crippen LogP contribution in [-0.4, -0.2) is 39.3 Å². The van der Waals surface area contributed by atoms with Crippen molar-refractivity contribution in [1.82, 2.24) is 10.3 Å². The number of carbonyl (C=O) groups is 1. The summed E-state index contributed by atoms with van der Waals surface area (Å²) >= 11 is 0. The zero-order valence-corrected chi connectivity index (χ0v) is 21.2. The topological polar surface area (TPSA) is 85.4 Å². The molecule has 1 atom stereocenters. The highest BCUT2D eigenvalue weighted by molar-refractivity contribution is 7.90. The predicted molar refractivity (Wildman–Crippen MR) is 141 cm³/mol. The Labute approximate surface area is 211 Å². The minimum absolute atomic E-state index is 0.136. The average molecular weight is 501 g/mol. The lowest BCUT2D eigenvalue weighted by atomic mass is 9.98. The van der Waals surface area contributed by atoms with Crippen molar-refractivity contribution in [3.05, 3.63) is 108 Å². The molecule has 4 rings (SSSR count). The van der Waals surface area contributed by atoms with E-state index < -0.39 is 21.8 Å². The number of pyridine rings is 1. The lowest BCUT2D eigenvalue weighted by molar-refractivity contribution is 0.0894. The maximum Gasteiger partial charge on any atom is 0.251 e. The molecule has 1 unspecified atom stereocenters. The molecule has 0 aliphatic rings. The highest BCUT2D eigenvalue weighted by atomic mass is 32.2. The molecule has 1 amide bonds. The maximum absolute atomic E-state index is 13.1. The van der Waals surface area contributed by atoms with Crippen LogP contribution in [0.3, 0.4) is 0 Å². The van der Waals surface area contributed by atoms with Gasteiger partial charge in [-0.3, -0.25) is 9.78 Å². The maximum atomic E-state index is 13.1. The summed E-state index contributed by atoms with van der Waals surface area (Å²) in [6.45, 7) is 1.91. The van der Waals surface area contributed by atoms with Gasteiger partial charge in [-0.2, -0.15) is 0 Å². The van der Waals surface area contributed by atoms with E-state index in [4.69, 9.17) is 4.74 Å². The van der Waals surface area contributed by atoms with E-state index in [1.807, 2.05) is 42.5 Å².